The number of anilines is 2. The number of rotatable bonds is 4. The van der Waals surface area contributed by atoms with Crippen molar-refractivity contribution in [1.29, 1.82) is 0 Å². The number of halogens is 1. The normalized spacial score (nSPS) is 10.8. The van der Waals surface area contributed by atoms with Gasteiger partial charge in [0.25, 0.3) is 0 Å². The highest BCUT2D eigenvalue weighted by molar-refractivity contribution is 7.98. The quantitative estimate of drug-likeness (QED) is 0.654. The van der Waals surface area contributed by atoms with Crippen molar-refractivity contribution in [3.63, 3.8) is 0 Å². The Hall–Kier alpha value is -1.26. The summed E-state index contributed by atoms with van der Waals surface area (Å²) in [6, 6.07) is 8.22. The fourth-order valence-electron chi connectivity index (χ4n) is 1.80. The zero-order chi connectivity index (χ0) is 13.8. The van der Waals surface area contributed by atoms with E-state index in [1.54, 1.807) is 11.8 Å². The molecule has 2 aromatic rings. The average Bonchev–Trinajstić information content (AvgIpc) is 2.39. The lowest BCUT2D eigenvalue weighted by Crippen LogP contribution is -2.02. The Morgan fingerprint density at radius 1 is 1.16 bits per heavy atom. The summed E-state index contributed by atoms with van der Waals surface area (Å²) in [5.74, 6) is 1.04. The number of nitrogens with zero attached hydrogens (tertiary/aromatic N) is 2. The van der Waals surface area contributed by atoms with Crippen LogP contribution in [0.2, 0.25) is 5.15 Å². The van der Waals surface area contributed by atoms with Gasteiger partial charge in [0.2, 0.25) is 0 Å². The maximum Gasteiger partial charge on any atom is 0.138 e. The number of aromatic nitrogens is 2. The molecule has 19 heavy (non-hydrogen) atoms. The van der Waals surface area contributed by atoms with E-state index in [0.29, 0.717) is 5.15 Å². The van der Waals surface area contributed by atoms with Gasteiger partial charge in [-0.15, -0.1) is 11.8 Å². The molecule has 0 unspecified atom stereocenters. The predicted molar refractivity (Wildman–Crippen MR) is 82.6 cm³/mol. The fraction of sp³-hybridized carbons (Fsp3) is 0.286. The first-order valence-electron chi connectivity index (χ1n) is 6.03. The first-order valence-corrected chi connectivity index (χ1v) is 7.63. The first kappa shape index (κ1) is 14.2. The molecule has 100 valence electrons. The molecular formula is C14H16ClN3S. The van der Waals surface area contributed by atoms with Gasteiger partial charge in [-0.05, 0) is 36.4 Å². The lowest BCUT2D eigenvalue weighted by molar-refractivity contribution is 0.850. The van der Waals surface area contributed by atoms with E-state index in [4.69, 9.17) is 11.6 Å². The number of thioether (sulfide) groups is 1. The van der Waals surface area contributed by atoms with Crippen molar-refractivity contribution in [1.82, 2.24) is 9.97 Å². The van der Waals surface area contributed by atoms with Gasteiger partial charge in [0.1, 0.15) is 17.3 Å². The van der Waals surface area contributed by atoms with Crippen LogP contribution in [-0.4, -0.2) is 16.2 Å². The van der Waals surface area contributed by atoms with E-state index in [2.05, 4.69) is 47.5 Å². The van der Waals surface area contributed by atoms with E-state index in [9.17, 15) is 0 Å². The average molecular weight is 294 g/mol. The summed E-state index contributed by atoms with van der Waals surface area (Å²) >= 11 is 7.86. The molecule has 0 fully saturated rings. The summed E-state index contributed by atoms with van der Waals surface area (Å²) in [4.78, 5) is 9.56. The van der Waals surface area contributed by atoms with Gasteiger partial charge in [-0.1, -0.05) is 25.4 Å². The van der Waals surface area contributed by atoms with Crippen LogP contribution in [0.5, 0.6) is 0 Å². The number of hydrogen-bond acceptors (Lipinski definition) is 4. The van der Waals surface area contributed by atoms with Crippen molar-refractivity contribution >= 4 is 34.9 Å². The second-order valence-corrected chi connectivity index (χ2v) is 5.67. The second-order valence-electron chi connectivity index (χ2n) is 4.43. The van der Waals surface area contributed by atoms with Gasteiger partial charge in [-0.25, -0.2) is 9.97 Å². The van der Waals surface area contributed by atoms with E-state index in [1.807, 2.05) is 12.1 Å². The zero-order valence-electron chi connectivity index (χ0n) is 11.1. The molecule has 5 heteroatoms. The molecule has 1 aromatic heterocycles. The smallest absolute Gasteiger partial charge is 0.138 e. The van der Waals surface area contributed by atoms with Crippen LogP contribution in [0.3, 0.4) is 0 Å². The zero-order valence-corrected chi connectivity index (χ0v) is 12.7. The van der Waals surface area contributed by atoms with E-state index in [-0.39, 0.29) is 5.92 Å². The van der Waals surface area contributed by atoms with E-state index in [1.165, 1.54) is 11.2 Å². The van der Waals surface area contributed by atoms with Crippen molar-refractivity contribution in [3.8, 4) is 0 Å². The topological polar surface area (TPSA) is 37.8 Å². The van der Waals surface area contributed by atoms with Gasteiger partial charge >= 0.3 is 0 Å². The van der Waals surface area contributed by atoms with Crippen LogP contribution in [0, 0.1) is 0 Å². The van der Waals surface area contributed by atoms with Crippen LogP contribution in [0.4, 0.5) is 11.5 Å². The highest BCUT2D eigenvalue weighted by Gasteiger charge is 2.13. The molecule has 0 saturated carbocycles. The Bertz CT molecular complexity index is 555. The van der Waals surface area contributed by atoms with Crippen LogP contribution in [0.25, 0.3) is 0 Å². The Morgan fingerprint density at radius 2 is 1.84 bits per heavy atom. The minimum atomic E-state index is 0.265. The van der Waals surface area contributed by atoms with Gasteiger partial charge in [0, 0.05) is 16.1 Å². The lowest BCUT2D eigenvalue weighted by atomic mass is 10.1. The van der Waals surface area contributed by atoms with Crippen molar-refractivity contribution in [2.75, 3.05) is 11.6 Å². The molecule has 1 N–H and O–H groups in total. The van der Waals surface area contributed by atoms with Gasteiger partial charge in [0.05, 0.1) is 0 Å². The third-order valence-corrected chi connectivity index (χ3v) is 3.81. The van der Waals surface area contributed by atoms with Crippen molar-refractivity contribution in [3.05, 3.63) is 41.3 Å². The summed E-state index contributed by atoms with van der Waals surface area (Å²) in [6.07, 6.45) is 3.54. The Kier molecular flexibility index (Phi) is 4.66. The maximum absolute atomic E-state index is 6.14. The minimum Gasteiger partial charge on any atom is -0.340 e. The van der Waals surface area contributed by atoms with Gasteiger partial charge in [-0.3, -0.25) is 0 Å². The van der Waals surface area contributed by atoms with Crippen LogP contribution < -0.4 is 5.32 Å². The van der Waals surface area contributed by atoms with Crippen LogP contribution in [-0.2, 0) is 0 Å². The molecule has 0 aliphatic heterocycles. The lowest BCUT2D eigenvalue weighted by Gasteiger charge is -2.14. The number of nitrogens with one attached hydrogen (secondary N) is 1. The molecule has 1 heterocycles. The summed E-state index contributed by atoms with van der Waals surface area (Å²) < 4.78 is 0. The Labute approximate surface area is 122 Å². The molecule has 1 aromatic carbocycles. The molecule has 0 saturated heterocycles. The Balaban J connectivity index is 2.29. The highest BCUT2D eigenvalue weighted by atomic mass is 35.5. The van der Waals surface area contributed by atoms with Crippen molar-refractivity contribution in [2.45, 2.75) is 24.7 Å². The van der Waals surface area contributed by atoms with Crippen molar-refractivity contribution < 1.29 is 0 Å². The molecule has 0 aliphatic carbocycles. The minimum absolute atomic E-state index is 0.265. The van der Waals surface area contributed by atoms with Crippen LogP contribution in [0.1, 0.15) is 25.3 Å². The van der Waals surface area contributed by atoms with Crippen molar-refractivity contribution in [2.24, 2.45) is 0 Å². The summed E-state index contributed by atoms with van der Waals surface area (Å²) in [5.41, 5.74) is 1.94. The third kappa shape index (κ3) is 3.39. The van der Waals surface area contributed by atoms with E-state index < -0.39 is 0 Å². The molecule has 0 spiro atoms. The molecule has 0 radical (unpaired) electrons. The highest BCUT2D eigenvalue weighted by Crippen LogP contribution is 2.30. The third-order valence-electron chi connectivity index (χ3n) is 2.77. The number of benzene rings is 1. The molecule has 3 nitrogen and oxygen atoms in total. The number of hydrogen-bond donors (Lipinski definition) is 1. The summed E-state index contributed by atoms with van der Waals surface area (Å²) in [7, 11) is 0. The standard InChI is InChI=1S/C14H16ClN3S/c1-9(2)12-13(15)16-8-17-14(12)18-10-4-6-11(19-3)7-5-10/h4-9H,1-3H3,(H,16,17,18). The van der Waals surface area contributed by atoms with Crippen LogP contribution in [0.15, 0.2) is 35.5 Å². The van der Waals surface area contributed by atoms with Gasteiger partial charge in [0.15, 0.2) is 0 Å². The SMILES string of the molecule is CSc1ccc(Nc2ncnc(Cl)c2C(C)C)cc1. The molecular weight excluding hydrogens is 278 g/mol. The molecule has 0 atom stereocenters. The maximum atomic E-state index is 6.14. The molecule has 0 amide bonds. The second kappa shape index (κ2) is 6.26. The molecule has 0 aliphatic rings. The fourth-order valence-corrected chi connectivity index (χ4v) is 2.56. The first-order chi connectivity index (χ1) is 9.11. The van der Waals surface area contributed by atoms with E-state index >= 15 is 0 Å². The van der Waals surface area contributed by atoms with Gasteiger partial charge in [-0.2, -0.15) is 0 Å². The van der Waals surface area contributed by atoms with Gasteiger partial charge < -0.3 is 5.32 Å². The summed E-state index contributed by atoms with van der Waals surface area (Å²) in [5, 5.41) is 3.81. The molecule has 2 rings (SSSR count). The Morgan fingerprint density at radius 3 is 2.42 bits per heavy atom. The monoisotopic (exact) mass is 293 g/mol. The van der Waals surface area contributed by atoms with Crippen LogP contribution >= 0.6 is 23.4 Å². The largest absolute Gasteiger partial charge is 0.340 e. The summed E-state index contributed by atoms with van der Waals surface area (Å²) in [6.45, 7) is 4.15. The van der Waals surface area contributed by atoms with E-state index in [0.717, 1.165) is 17.1 Å². The molecule has 0 bridgehead atoms. The predicted octanol–water partition coefficient (Wildman–Crippen LogP) is 4.72.